The fourth-order valence-electron chi connectivity index (χ4n) is 2.92. The summed E-state index contributed by atoms with van der Waals surface area (Å²) in [6.45, 7) is 5.34. The highest BCUT2D eigenvalue weighted by Crippen LogP contribution is 2.37. The third-order valence-electron chi connectivity index (χ3n) is 4.13. The molecule has 0 N–H and O–H groups in total. The van der Waals surface area contributed by atoms with Crippen molar-refractivity contribution in [3.63, 3.8) is 0 Å². The summed E-state index contributed by atoms with van der Waals surface area (Å²) in [7, 11) is 0. The van der Waals surface area contributed by atoms with Crippen molar-refractivity contribution in [1.82, 2.24) is 0 Å². The predicted octanol–water partition coefficient (Wildman–Crippen LogP) is 2.92. The van der Waals surface area contributed by atoms with Crippen LogP contribution in [0.3, 0.4) is 0 Å². The van der Waals surface area contributed by atoms with Gasteiger partial charge in [0.1, 0.15) is 36.4 Å². The first kappa shape index (κ1) is 23.5. The fourth-order valence-corrected chi connectivity index (χ4v) is 4.03. The van der Waals surface area contributed by atoms with Crippen LogP contribution in [0.5, 0.6) is 0 Å². The summed E-state index contributed by atoms with van der Waals surface area (Å²) >= 11 is 1.25. The van der Waals surface area contributed by atoms with Crippen molar-refractivity contribution in [2.24, 2.45) is 5.11 Å². The largest absolute Gasteiger partial charge is 0.463 e. The van der Waals surface area contributed by atoms with Crippen molar-refractivity contribution in [2.45, 2.75) is 62.4 Å². The first-order valence-corrected chi connectivity index (χ1v) is 10.00. The number of aryl methyl sites for hydroxylation is 1. The number of hydrogen-bond donors (Lipinski definition) is 0. The maximum absolute atomic E-state index is 11.7. The molecule has 0 saturated carbocycles. The lowest BCUT2D eigenvalue weighted by Crippen LogP contribution is -2.59. The zero-order valence-corrected chi connectivity index (χ0v) is 17.8. The summed E-state index contributed by atoms with van der Waals surface area (Å²) in [6.07, 6.45) is -3.08. The third-order valence-corrected chi connectivity index (χ3v) is 5.29. The Hall–Kier alpha value is -2.75. The molecule has 0 aliphatic carbocycles. The Morgan fingerprint density at radius 1 is 1.07 bits per heavy atom. The van der Waals surface area contributed by atoms with Gasteiger partial charge in [0.05, 0.1) is 0 Å². The Balaban J connectivity index is 2.41. The van der Waals surface area contributed by atoms with E-state index in [1.807, 2.05) is 31.2 Å². The number of benzene rings is 1. The van der Waals surface area contributed by atoms with Crippen molar-refractivity contribution < 1.29 is 33.3 Å². The molecular weight excluding hydrogens is 414 g/mol. The molecule has 0 bridgehead atoms. The van der Waals surface area contributed by atoms with Crippen molar-refractivity contribution in [3.8, 4) is 0 Å². The second-order valence-electron chi connectivity index (χ2n) is 6.62. The molecule has 0 aromatic heterocycles. The van der Waals surface area contributed by atoms with Crippen molar-refractivity contribution in [1.29, 1.82) is 0 Å². The zero-order valence-electron chi connectivity index (χ0n) is 17.0. The minimum atomic E-state index is -1.11. The van der Waals surface area contributed by atoms with Gasteiger partial charge in [-0.05, 0) is 24.6 Å². The average molecular weight is 437 g/mol. The van der Waals surface area contributed by atoms with Gasteiger partial charge in [-0.1, -0.05) is 34.6 Å². The van der Waals surface area contributed by atoms with Gasteiger partial charge in [-0.3, -0.25) is 14.4 Å². The molecule has 0 spiro atoms. The first-order valence-electron chi connectivity index (χ1n) is 9.12. The van der Waals surface area contributed by atoms with E-state index in [4.69, 9.17) is 24.5 Å². The number of azide groups is 1. The maximum atomic E-state index is 11.7. The van der Waals surface area contributed by atoms with Crippen LogP contribution in [0.2, 0.25) is 0 Å². The van der Waals surface area contributed by atoms with Crippen LogP contribution >= 0.6 is 11.8 Å². The molecule has 1 heterocycles. The van der Waals surface area contributed by atoms with Gasteiger partial charge in [0.2, 0.25) is 0 Å². The second kappa shape index (κ2) is 10.9. The third kappa shape index (κ3) is 6.65. The van der Waals surface area contributed by atoms with E-state index in [0.717, 1.165) is 10.5 Å². The lowest BCUT2D eigenvalue weighted by molar-refractivity contribution is -0.201. The summed E-state index contributed by atoms with van der Waals surface area (Å²) in [6, 6.07) is 6.48. The highest BCUT2D eigenvalue weighted by Gasteiger charge is 2.50. The minimum Gasteiger partial charge on any atom is -0.463 e. The Bertz CT molecular complexity index is 826. The molecule has 162 valence electrons. The molecule has 0 radical (unpaired) electrons. The Labute approximate surface area is 177 Å². The lowest BCUT2D eigenvalue weighted by atomic mass is 9.97. The lowest BCUT2D eigenvalue weighted by Gasteiger charge is -2.43. The molecule has 11 heteroatoms. The number of nitrogens with zero attached hydrogens (tertiary/aromatic N) is 3. The quantitative estimate of drug-likeness (QED) is 0.209. The van der Waals surface area contributed by atoms with Crippen LogP contribution in [-0.2, 0) is 33.3 Å². The highest BCUT2D eigenvalue weighted by molar-refractivity contribution is 7.99. The summed E-state index contributed by atoms with van der Waals surface area (Å²) in [5.41, 5.74) is 9.34. The van der Waals surface area contributed by atoms with E-state index in [-0.39, 0.29) is 6.61 Å². The number of rotatable bonds is 7. The molecule has 1 saturated heterocycles. The molecule has 5 atom stereocenters. The first-order chi connectivity index (χ1) is 14.2. The molecule has 0 amide bonds. The molecule has 1 aliphatic rings. The number of ether oxygens (including phenoxy) is 4. The van der Waals surface area contributed by atoms with E-state index in [1.54, 1.807) is 0 Å². The van der Waals surface area contributed by atoms with E-state index in [1.165, 1.54) is 32.5 Å². The van der Waals surface area contributed by atoms with Gasteiger partial charge in [0, 0.05) is 30.6 Å². The SMILES string of the molecule is CC(=O)OCC1O[C@H](Sc2ccc(C)cc2)C(OC(C)=O)C(N=[N+]=[N-])[C@H]1OC(C)=O. The van der Waals surface area contributed by atoms with Gasteiger partial charge in [-0.2, -0.15) is 0 Å². The van der Waals surface area contributed by atoms with Crippen LogP contribution in [0.1, 0.15) is 26.3 Å². The highest BCUT2D eigenvalue weighted by atomic mass is 32.2. The monoisotopic (exact) mass is 437 g/mol. The van der Waals surface area contributed by atoms with E-state index < -0.39 is 47.7 Å². The number of carbonyl (C=O) groups is 3. The normalized spacial score (nSPS) is 25.5. The number of hydrogen-bond acceptors (Lipinski definition) is 9. The molecule has 3 unspecified atom stereocenters. The second-order valence-corrected chi connectivity index (χ2v) is 7.79. The van der Waals surface area contributed by atoms with Crippen LogP contribution in [0.15, 0.2) is 34.3 Å². The van der Waals surface area contributed by atoms with Gasteiger partial charge in [0.25, 0.3) is 0 Å². The van der Waals surface area contributed by atoms with Gasteiger partial charge in [-0.15, -0.1) is 0 Å². The minimum absolute atomic E-state index is 0.234. The fraction of sp³-hybridized carbons (Fsp3) is 0.526. The summed E-state index contributed by atoms with van der Waals surface area (Å²) in [5.74, 6) is -1.82. The summed E-state index contributed by atoms with van der Waals surface area (Å²) in [4.78, 5) is 38.3. The zero-order chi connectivity index (χ0) is 22.3. The van der Waals surface area contributed by atoms with Crippen LogP contribution < -0.4 is 0 Å². The topological polar surface area (TPSA) is 137 Å². The van der Waals surface area contributed by atoms with E-state index in [0.29, 0.717) is 0 Å². The smallest absolute Gasteiger partial charge is 0.303 e. The van der Waals surface area contributed by atoms with Crippen molar-refractivity contribution in [2.75, 3.05) is 6.61 Å². The predicted molar refractivity (Wildman–Crippen MR) is 106 cm³/mol. The molecule has 1 aliphatic heterocycles. The average Bonchev–Trinajstić information content (AvgIpc) is 2.66. The molecular formula is C19H23N3O7S. The number of esters is 3. The van der Waals surface area contributed by atoms with Gasteiger partial charge >= 0.3 is 17.9 Å². The Kier molecular flexibility index (Phi) is 8.52. The van der Waals surface area contributed by atoms with E-state index in [9.17, 15) is 14.4 Å². The molecule has 1 aromatic carbocycles. The number of carbonyl (C=O) groups excluding carboxylic acids is 3. The van der Waals surface area contributed by atoms with Crippen LogP contribution in [0.4, 0.5) is 0 Å². The van der Waals surface area contributed by atoms with Gasteiger partial charge in [-0.25, -0.2) is 0 Å². The molecule has 30 heavy (non-hydrogen) atoms. The van der Waals surface area contributed by atoms with Crippen molar-refractivity contribution >= 4 is 29.7 Å². The van der Waals surface area contributed by atoms with Crippen LogP contribution in [0.25, 0.3) is 10.4 Å². The van der Waals surface area contributed by atoms with Gasteiger partial charge in [0.15, 0.2) is 0 Å². The van der Waals surface area contributed by atoms with E-state index in [2.05, 4.69) is 10.0 Å². The van der Waals surface area contributed by atoms with Crippen molar-refractivity contribution in [3.05, 3.63) is 40.3 Å². The molecule has 2 rings (SSSR count). The maximum Gasteiger partial charge on any atom is 0.303 e. The van der Waals surface area contributed by atoms with Gasteiger partial charge < -0.3 is 18.9 Å². The Morgan fingerprint density at radius 3 is 2.20 bits per heavy atom. The van der Waals surface area contributed by atoms with Crippen LogP contribution in [-0.4, -0.2) is 54.3 Å². The van der Waals surface area contributed by atoms with E-state index >= 15 is 0 Å². The standard InChI is InChI=1S/C19H23N3O7S/c1-10-5-7-14(8-6-10)30-19-18(28-13(4)25)16(21-22-20)17(27-12(3)24)15(29-19)9-26-11(2)23/h5-8,15-19H,9H2,1-4H3/t15?,16?,17-,18?,19+/m0/s1. The Morgan fingerprint density at radius 2 is 1.67 bits per heavy atom. The molecule has 10 nitrogen and oxygen atoms in total. The van der Waals surface area contributed by atoms with Crippen LogP contribution in [0, 0.1) is 6.92 Å². The summed E-state index contributed by atoms with van der Waals surface area (Å²) < 4.78 is 21.8. The molecule has 1 aromatic rings. The summed E-state index contributed by atoms with van der Waals surface area (Å²) in [5, 5.41) is 3.73. The number of thioether (sulfide) groups is 1. The molecule has 1 fully saturated rings.